The third-order valence-corrected chi connectivity index (χ3v) is 4.59. The Morgan fingerprint density at radius 1 is 1.50 bits per heavy atom. The molecule has 1 amide bonds. The molecule has 5 nitrogen and oxygen atoms in total. The van der Waals surface area contributed by atoms with E-state index in [1.807, 2.05) is 6.20 Å². The van der Waals surface area contributed by atoms with Gasteiger partial charge in [0.15, 0.2) is 0 Å². The summed E-state index contributed by atoms with van der Waals surface area (Å²) in [5.41, 5.74) is 1.29. The molecular weight excluding hydrogens is 278 g/mol. The molecule has 0 spiro atoms. The number of pyridine rings is 1. The molecule has 2 fully saturated rings. The van der Waals surface area contributed by atoms with E-state index >= 15 is 0 Å². The standard InChI is InChI=1S/C17H25N3O2/c1-12(21)19-5-2-3-13-8-17(13)14-7-16(10-18-9-14)22-11-15-4-6-20-15/h7,9-10,13,15,17,20H,2-6,8,11H2,1H3,(H,19,21)/t13-,15+,17+/m1/s1. The number of hydrogen-bond donors (Lipinski definition) is 2. The van der Waals surface area contributed by atoms with Crippen LogP contribution in [0.25, 0.3) is 0 Å². The highest BCUT2D eigenvalue weighted by molar-refractivity contribution is 5.72. The van der Waals surface area contributed by atoms with Crippen LogP contribution >= 0.6 is 0 Å². The zero-order chi connectivity index (χ0) is 15.4. The predicted molar refractivity (Wildman–Crippen MR) is 84.9 cm³/mol. The zero-order valence-electron chi connectivity index (χ0n) is 13.2. The smallest absolute Gasteiger partial charge is 0.216 e. The van der Waals surface area contributed by atoms with Crippen molar-refractivity contribution in [2.45, 2.75) is 44.6 Å². The Hall–Kier alpha value is -1.62. The summed E-state index contributed by atoms with van der Waals surface area (Å²) in [6, 6.07) is 2.65. The Bertz CT molecular complexity index is 516. The van der Waals surface area contributed by atoms with Crippen LogP contribution in [0.3, 0.4) is 0 Å². The molecule has 0 aromatic carbocycles. The van der Waals surface area contributed by atoms with E-state index < -0.39 is 0 Å². The van der Waals surface area contributed by atoms with Crippen LogP contribution in [-0.2, 0) is 4.79 Å². The van der Waals surface area contributed by atoms with E-state index in [9.17, 15) is 4.79 Å². The Morgan fingerprint density at radius 3 is 3.09 bits per heavy atom. The number of ether oxygens (including phenoxy) is 1. The number of aromatic nitrogens is 1. The van der Waals surface area contributed by atoms with Gasteiger partial charge < -0.3 is 15.4 Å². The van der Waals surface area contributed by atoms with Gasteiger partial charge >= 0.3 is 0 Å². The van der Waals surface area contributed by atoms with Crippen LogP contribution in [0.5, 0.6) is 5.75 Å². The molecule has 1 aromatic rings. The number of rotatable bonds is 8. The number of carbonyl (C=O) groups is 1. The summed E-state index contributed by atoms with van der Waals surface area (Å²) in [6.45, 7) is 4.19. The van der Waals surface area contributed by atoms with Crippen LogP contribution in [0.1, 0.15) is 44.1 Å². The summed E-state index contributed by atoms with van der Waals surface area (Å²) >= 11 is 0. The zero-order valence-corrected chi connectivity index (χ0v) is 13.2. The molecule has 2 aliphatic rings. The fourth-order valence-corrected chi connectivity index (χ4v) is 3.01. The molecule has 2 heterocycles. The Labute approximate surface area is 131 Å². The Morgan fingerprint density at radius 2 is 2.36 bits per heavy atom. The first-order valence-corrected chi connectivity index (χ1v) is 8.28. The van der Waals surface area contributed by atoms with Crippen LogP contribution in [0.2, 0.25) is 0 Å². The molecule has 0 unspecified atom stereocenters. The highest BCUT2D eigenvalue weighted by Gasteiger charge is 2.37. The molecule has 1 saturated carbocycles. The summed E-state index contributed by atoms with van der Waals surface area (Å²) in [7, 11) is 0. The van der Waals surface area contributed by atoms with Crippen molar-refractivity contribution in [2.75, 3.05) is 19.7 Å². The molecule has 22 heavy (non-hydrogen) atoms. The minimum Gasteiger partial charge on any atom is -0.490 e. The lowest BCUT2D eigenvalue weighted by molar-refractivity contribution is -0.118. The number of carbonyl (C=O) groups excluding carboxylic acids is 1. The van der Waals surface area contributed by atoms with Crippen molar-refractivity contribution in [3.63, 3.8) is 0 Å². The highest BCUT2D eigenvalue weighted by atomic mass is 16.5. The molecule has 5 heteroatoms. The first-order chi connectivity index (χ1) is 10.7. The van der Waals surface area contributed by atoms with Gasteiger partial charge in [-0.25, -0.2) is 0 Å². The van der Waals surface area contributed by atoms with Crippen LogP contribution in [0.15, 0.2) is 18.5 Å². The first-order valence-electron chi connectivity index (χ1n) is 8.28. The first kappa shape index (κ1) is 15.3. The lowest BCUT2D eigenvalue weighted by Crippen LogP contribution is -2.46. The molecule has 1 aliphatic heterocycles. The van der Waals surface area contributed by atoms with E-state index in [-0.39, 0.29) is 5.91 Å². The second kappa shape index (κ2) is 7.09. The van der Waals surface area contributed by atoms with Crippen molar-refractivity contribution in [3.8, 4) is 5.75 Å². The summed E-state index contributed by atoms with van der Waals surface area (Å²) in [5, 5.41) is 6.19. The van der Waals surface area contributed by atoms with Crippen molar-refractivity contribution in [1.82, 2.24) is 15.6 Å². The van der Waals surface area contributed by atoms with Gasteiger partial charge in [-0.3, -0.25) is 9.78 Å². The molecule has 1 aliphatic carbocycles. The van der Waals surface area contributed by atoms with E-state index in [2.05, 4.69) is 21.7 Å². The van der Waals surface area contributed by atoms with Gasteiger partial charge in [-0.1, -0.05) is 0 Å². The number of hydrogen-bond acceptors (Lipinski definition) is 4. The molecule has 2 N–H and O–H groups in total. The second-order valence-corrected chi connectivity index (χ2v) is 6.43. The van der Waals surface area contributed by atoms with E-state index in [1.54, 1.807) is 13.1 Å². The van der Waals surface area contributed by atoms with E-state index in [0.717, 1.165) is 37.8 Å². The van der Waals surface area contributed by atoms with Crippen molar-refractivity contribution in [2.24, 2.45) is 5.92 Å². The second-order valence-electron chi connectivity index (χ2n) is 6.43. The van der Waals surface area contributed by atoms with Crippen LogP contribution in [-0.4, -0.2) is 36.6 Å². The SMILES string of the molecule is CC(=O)NCCC[C@@H]1C[C@@H]1c1cncc(OC[C@@H]2CCN2)c1. The highest BCUT2D eigenvalue weighted by Crippen LogP contribution is 2.50. The fourth-order valence-electron chi connectivity index (χ4n) is 3.01. The number of amides is 1. The quantitative estimate of drug-likeness (QED) is 0.719. The van der Waals surface area contributed by atoms with Gasteiger partial charge in [0.25, 0.3) is 0 Å². The van der Waals surface area contributed by atoms with Crippen molar-refractivity contribution >= 4 is 5.91 Å². The van der Waals surface area contributed by atoms with Gasteiger partial charge in [-0.15, -0.1) is 0 Å². The summed E-state index contributed by atoms with van der Waals surface area (Å²) in [4.78, 5) is 15.1. The lowest BCUT2D eigenvalue weighted by atomic mass is 10.1. The third-order valence-electron chi connectivity index (χ3n) is 4.59. The van der Waals surface area contributed by atoms with Gasteiger partial charge in [0.1, 0.15) is 12.4 Å². The van der Waals surface area contributed by atoms with E-state index in [0.29, 0.717) is 12.0 Å². The predicted octanol–water partition coefficient (Wildman–Crippen LogP) is 1.84. The topological polar surface area (TPSA) is 63.2 Å². The largest absolute Gasteiger partial charge is 0.490 e. The molecule has 0 radical (unpaired) electrons. The number of nitrogens with zero attached hydrogens (tertiary/aromatic N) is 1. The van der Waals surface area contributed by atoms with Crippen molar-refractivity contribution < 1.29 is 9.53 Å². The van der Waals surface area contributed by atoms with Crippen LogP contribution < -0.4 is 15.4 Å². The minimum atomic E-state index is 0.0577. The monoisotopic (exact) mass is 303 g/mol. The Kier molecular flexibility index (Phi) is 4.93. The van der Waals surface area contributed by atoms with Gasteiger partial charge in [0, 0.05) is 25.7 Å². The third kappa shape index (κ3) is 4.19. The molecule has 0 bridgehead atoms. The maximum Gasteiger partial charge on any atom is 0.216 e. The molecule has 1 aromatic heterocycles. The van der Waals surface area contributed by atoms with Crippen LogP contribution in [0.4, 0.5) is 0 Å². The van der Waals surface area contributed by atoms with Crippen molar-refractivity contribution in [1.29, 1.82) is 0 Å². The maximum absolute atomic E-state index is 10.8. The minimum absolute atomic E-state index is 0.0577. The van der Waals surface area contributed by atoms with E-state index in [4.69, 9.17) is 4.74 Å². The summed E-state index contributed by atoms with van der Waals surface area (Å²) in [5.74, 6) is 2.30. The number of nitrogens with one attached hydrogen (secondary N) is 2. The molecule has 1 saturated heterocycles. The van der Waals surface area contributed by atoms with Crippen LogP contribution in [0, 0.1) is 5.92 Å². The Balaban J connectivity index is 1.41. The lowest BCUT2D eigenvalue weighted by Gasteiger charge is -2.27. The average Bonchev–Trinajstić information content (AvgIpc) is 3.22. The molecular formula is C17H25N3O2. The van der Waals surface area contributed by atoms with Gasteiger partial charge in [0.2, 0.25) is 5.91 Å². The normalized spacial score (nSPS) is 26.1. The van der Waals surface area contributed by atoms with Gasteiger partial charge in [-0.2, -0.15) is 0 Å². The van der Waals surface area contributed by atoms with Crippen molar-refractivity contribution in [3.05, 3.63) is 24.0 Å². The molecule has 120 valence electrons. The summed E-state index contributed by atoms with van der Waals surface area (Å²) < 4.78 is 5.82. The maximum atomic E-state index is 10.8. The molecule has 3 rings (SSSR count). The fraction of sp³-hybridized carbons (Fsp3) is 0.647. The summed E-state index contributed by atoms with van der Waals surface area (Å²) in [6.07, 6.45) is 8.42. The van der Waals surface area contributed by atoms with Gasteiger partial charge in [-0.05, 0) is 55.7 Å². The van der Waals surface area contributed by atoms with E-state index in [1.165, 1.54) is 24.8 Å². The van der Waals surface area contributed by atoms with Gasteiger partial charge in [0.05, 0.1) is 6.20 Å². The average molecular weight is 303 g/mol. The molecule has 3 atom stereocenters.